The summed E-state index contributed by atoms with van der Waals surface area (Å²) in [4.78, 5) is 5.89. The summed E-state index contributed by atoms with van der Waals surface area (Å²) in [6.45, 7) is 3.22. The molecule has 1 saturated carbocycles. The Balaban J connectivity index is 1.94. The molecule has 2 nitrogen and oxygen atoms in total. The minimum Gasteiger partial charge on any atom is -0.362 e. The first-order valence-corrected chi connectivity index (χ1v) is 6.41. The fourth-order valence-electron chi connectivity index (χ4n) is 2.00. The van der Waals surface area contributed by atoms with Gasteiger partial charge in [0.1, 0.15) is 0 Å². The predicted molar refractivity (Wildman–Crippen MR) is 62.1 cm³/mol. The second kappa shape index (κ2) is 4.78. The molecule has 1 N–H and O–H groups in total. The highest BCUT2D eigenvalue weighted by atomic mass is 32.1. The van der Waals surface area contributed by atoms with E-state index in [-0.39, 0.29) is 0 Å². The zero-order chi connectivity index (χ0) is 9.80. The maximum atomic E-state index is 4.41. The van der Waals surface area contributed by atoms with Crippen molar-refractivity contribution in [2.24, 2.45) is 0 Å². The number of thiazole rings is 1. The Morgan fingerprint density at radius 1 is 1.50 bits per heavy atom. The fourth-order valence-corrected chi connectivity index (χ4v) is 3.01. The van der Waals surface area contributed by atoms with Crippen molar-refractivity contribution in [3.63, 3.8) is 0 Å². The number of nitrogens with zero attached hydrogens (tertiary/aromatic N) is 1. The molecule has 0 spiro atoms. The Morgan fingerprint density at radius 3 is 3.00 bits per heavy atom. The molecule has 0 radical (unpaired) electrons. The van der Waals surface area contributed by atoms with Gasteiger partial charge in [0.15, 0.2) is 5.13 Å². The lowest BCUT2D eigenvalue weighted by Crippen LogP contribution is -1.97. The third-order valence-corrected chi connectivity index (χ3v) is 3.92. The van der Waals surface area contributed by atoms with Crippen molar-refractivity contribution in [1.82, 2.24) is 4.98 Å². The summed E-state index contributed by atoms with van der Waals surface area (Å²) in [5.41, 5.74) is 0. The number of rotatable bonds is 4. The van der Waals surface area contributed by atoms with Crippen molar-refractivity contribution in [3.05, 3.63) is 11.1 Å². The monoisotopic (exact) mass is 210 g/mol. The van der Waals surface area contributed by atoms with Crippen molar-refractivity contribution in [1.29, 1.82) is 0 Å². The van der Waals surface area contributed by atoms with Crippen LogP contribution < -0.4 is 5.32 Å². The summed E-state index contributed by atoms with van der Waals surface area (Å²) in [5, 5.41) is 4.45. The Kier molecular flexibility index (Phi) is 3.40. The SMILES string of the molecule is CCCNc1ncc(C2CCCC2)s1. The summed E-state index contributed by atoms with van der Waals surface area (Å²) < 4.78 is 0. The van der Waals surface area contributed by atoms with Gasteiger partial charge < -0.3 is 5.32 Å². The number of hydrogen-bond acceptors (Lipinski definition) is 3. The quantitative estimate of drug-likeness (QED) is 0.821. The number of anilines is 1. The molecule has 0 aliphatic heterocycles. The molecule has 3 heteroatoms. The first-order valence-electron chi connectivity index (χ1n) is 5.59. The molecule has 1 fully saturated rings. The van der Waals surface area contributed by atoms with Crippen LogP contribution >= 0.6 is 11.3 Å². The molecule has 14 heavy (non-hydrogen) atoms. The highest BCUT2D eigenvalue weighted by Gasteiger charge is 2.19. The lowest BCUT2D eigenvalue weighted by Gasteiger charge is -2.03. The third kappa shape index (κ3) is 2.27. The minimum absolute atomic E-state index is 0.810. The van der Waals surface area contributed by atoms with Crippen LogP contribution in [0.1, 0.15) is 49.8 Å². The molecule has 0 saturated heterocycles. The molecule has 1 aromatic heterocycles. The van der Waals surface area contributed by atoms with Gasteiger partial charge in [0, 0.05) is 17.6 Å². The normalized spacial score (nSPS) is 17.5. The van der Waals surface area contributed by atoms with Gasteiger partial charge in [-0.15, -0.1) is 11.3 Å². The molecule has 1 aliphatic carbocycles. The molecule has 0 aromatic carbocycles. The predicted octanol–water partition coefficient (Wildman–Crippen LogP) is 3.62. The summed E-state index contributed by atoms with van der Waals surface area (Å²) in [6, 6.07) is 0. The second-order valence-electron chi connectivity index (χ2n) is 3.98. The summed E-state index contributed by atoms with van der Waals surface area (Å²) in [5.74, 6) is 0.810. The first-order chi connectivity index (χ1) is 6.90. The van der Waals surface area contributed by atoms with E-state index in [9.17, 15) is 0 Å². The van der Waals surface area contributed by atoms with E-state index in [4.69, 9.17) is 0 Å². The van der Waals surface area contributed by atoms with Gasteiger partial charge in [-0.25, -0.2) is 4.98 Å². The van der Waals surface area contributed by atoms with Crippen molar-refractivity contribution in [2.45, 2.75) is 44.9 Å². The van der Waals surface area contributed by atoms with Gasteiger partial charge in [0.25, 0.3) is 0 Å². The fraction of sp³-hybridized carbons (Fsp3) is 0.727. The number of nitrogens with one attached hydrogen (secondary N) is 1. The molecule has 0 atom stereocenters. The van der Waals surface area contributed by atoms with Crippen molar-refractivity contribution >= 4 is 16.5 Å². The molecule has 2 rings (SSSR count). The average molecular weight is 210 g/mol. The second-order valence-corrected chi connectivity index (χ2v) is 5.04. The first kappa shape index (κ1) is 9.97. The standard InChI is InChI=1S/C11H18N2S/c1-2-7-12-11-13-8-10(14-11)9-5-3-4-6-9/h8-9H,2-7H2,1H3,(H,12,13). The van der Waals surface area contributed by atoms with E-state index >= 15 is 0 Å². The molecule has 0 amide bonds. The van der Waals surface area contributed by atoms with Gasteiger partial charge >= 0.3 is 0 Å². The minimum atomic E-state index is 0.810. The topological polar surface area (TPSA) is 24.9 Å². The third-order valence-electron chi connectivity index (χ3n) is 2.81. The van der Waals surface area contributed by atoms with Crippen LogP contribution in [0, 0.1) is 0 Å². The van der Waals surface area contributed by atoms with E-state index in [1.807, 2.05) is 11.3 Å². The van der Waals surface area contributed by atoms with Crippen LogP contribution in [0.4, 0.5) is 5.13 Å². The average Bonchev–Trinajstić information content (AvgIpc) is 2.85. The molecule has 78 valence electrons. The largest absolute Gasteiger partial charge is 0.362 e. The molecule has 1 aliphatic rings. The van der Waals surface area contributed by atoms with Crippen LogP contribution in [0.2, 0.25) is 0 Å². The van der Waals surface area contributed by atoms with Crippen LogP contribution in [0.15, 0.2) is 6.20 Å². The lowest BCUT2D eigenvalue weighted by molar-refractivity contribution is 0.736. The smallest absolute Gasteiger partial charge is 0.182 e. The van der Waals surface area contributed by atoms with Gasteiger partial charge in [0.2, 0.25) is 0 Å². The molecule has 1 heterocycles. The van der Waals surface area contributed by atoms with E-state index in [2.05, 4.69) is 23.4 Å². The maximum Gasteiger partial charge on any atom is 0.182 e. The Bertz CT molecular complexity index is 277. The van der Waals surface area contributed by atoms with E-state index in [0.717, 1.165) is 17.6 Å². The van der Waals surface area contributed by atoms with Gasteiger partial charge in [-0.1, -0.05) is 19.8 Å². The van der Waals surface area contributed by atoms with Gasteiger partial charge in [-0.05, 0) is 25.2 Å². The zero-order valence-electron chi connectivity index (χ0n) is 8.75. The van der Waals surface area contributed by atoms with E-state index < -0.39 is 0 Å². The molecule has 1 aromatic rings. The van der Waals surface area contributed by atoms with Crippen LogP contribution in [0.25, 0.3) is 0 Å². The van der Waals surface area contributed by atoms with Crippen molar-refractivity contribution in [3.8, 4) is 0 Å². The van der Waals surface area contributed by atoms with Gasteiger partial charge in [-0.2, -0.15) is 0 Å². The van der Waals surface area contributed by atoms with E-state index in [1.54, 1.807) is 0 Å². The van der Waals surface area contributed by atoms with Gasteiger partial charge in [0.05, 0.1) is 0 Å². The van der Waals surface area contributed by atoms with Crippen LogP contribution in [-0.4, -0.2) is 11.5 Å². The molecule has 0 bridgehead atoms. The van der Waals surface area contributed by atoms with Crippen LogP contribution in [-0.2, 0) is 0 Å². The Morgan fingerprint density at radius 2 is 2.29 bits per heavy atom. The highest BCUT2D eigenvalue weighted by Crippen LogP contribution is 2.37. The zero-order valence-corrected chi connectivity index (χ0v) is 9.57. The highest BCUT2D eigenvalue weighted by molar-refractivity contribution is 7.15. The van der Waals surface area contributed by atoms with E-state index in [0.29, 0.717) is 0 Å². The lowest BCUT2D eigenvalue weighted by atomic mass is 10.1. The maximum absolute atomic E-state index is 4.41. The van der Waals surface area contributed by atoms with Gasteiger partial charge in [-0.3, -0.25) is 0 Å². The van der Waals surface area contributed by atoms with Crippen LogP contribution in [0.3, 0.4) is 0 Å². The Hall–Kier alpha value is -0.570. The summed E-state index contributed by atoms with van der Waals surface area (Å²) >= 11 is 1.85. The number of hydrogen-bond donors (Lipinski definition) is 1. The van der Waals surface area contributed by atoms with E-state index in [1.165, 1.54) is 37.0 Å². The summed E-state index contributed by atoms with van der Waals surface area (Å²) in [6.07, 6.45) is 8.78. The number of aromatic nitrogens is 1. The Labute approximate surface area is 89.8 Å². The molecule has 0 unspecified atom stereocenters. The summed E-state index contributed by atoms with van der Waals surface area (Å²) in [7, 11) is 0. The molecular weight excluding hydrogens is 192 g/mol. The van der Waals surface area contributed by atoms with Crippen molar-refractivity contribution in [2.75, 3.05) is 11.9 Å². The van der Waals surface area contributed by atoms with Crippen LogP contribution in [0.5, 0.6) is 0 Å². The molecular formula is C11H18N2S. The van der Waals surface area contributed by atoms with Crippen molar-refractivity contribution < 1.29 is 0 Å².